The van der Waals surface area contributed by atoms with E-state index in [1.807, 2.05) is 24.3 Å². The lowest BCUT2D eigenvalue weighted by atomic mass is 10.2. The van der Waals surface area contributed by atoms with Gasteiger partial charge in [0.15, 0.2) is 9.84 Å². The second-order valence-electron chi connectivity index (χ2n) is 4.19. The Labute approximate surface area is 121 Å². The molecule has 1 heterocycles. The van der Waals surface area contributed by atoms with E-state index in [0.717, 1.165) is 21.1 Å². The fourth-order valence-electron chi connectivity index (χ4n) is 1.76. The van der Waals surface area contributed by atoms with Gasteiger partial charge in [0.2, 0.25) is 0 Å². The van der Waals surface area contributed by atoms with Crippen LogP contribution in [-0.2, 0) is 9.84 Å². The molecule has 0 atom stereocenters. The number of sulfone groups is 1. The van der Waals surface area contributed by atoms with E-state index in [-0.39, 0.29) is 11.5 Å². The van der Waals surface area contributed by atoms with Gasteiger partial charge in [0.25, 0.3) is 0 Å². The van der Waals surface area contributed by atoms with Gasteiger partial charge < -0.3 is 5.32 Å². The molecule has 0 saturated heterocycles. The summed E-state index contributed by atoms with van der Waals surface area (Å²) in [5.74, 6) is 0.311. The minimum absolute atomic E-state index is 0.135. The largest absolute Gasteiger partial charge is 0.382 e. The number of fused-ring (bicyclic) bond motifs is 1. The highest BCUT2D eigenvalue weighted by molar-refractivity contribution is 9.10. The Hall–Kier alpha value is -1.14. The Morgan fingerprint density at radius 1 is 1.37 bits per heavy atom. The summed E-state index contributed by atoms with van der Waals surface area (Å²) in [6.45, 7) is 2.05. The van der Waals surface area contributed by atoms with Crippen molar-refractivity contribution in [2.45, 2.75) is 6.92 Å². The summed E-state index contributed by atoms with van der Waals surface area (Å²) in [5.41, 5.74) is 1.70. The fourth-order valence-corrected chi connectivity index (χ4v) is 2.81. The molecule has 2 rings (SSSR count). The molecule has 0 amide bonds. The van der Waals surface area contributed by atoms with Crippen LogP contribution in [0.5, 0.6) is 0 Å². The highest BCUT2D eigenvalue weighted by Crippen LogP contribution is 2.23. The Morgan fingerprint density at radius 3 is 2.89 bits per heavy atom. The number of benzene rings is 1. The van der Waals surface area contributed by atoms with Crippen molar-refractivity contribution < 1.29 is 8.42 Å². The third kappa shape index (κ3) is 3.67. The van der Waals surface area contributed by atoms with E-state index in [4.69, 9.17) is 0 Å². The fraction of sp³-hybridized carbons (Fsp3) is 0.308. The minimum atomic E-state index is -2.94. The van der Waals surface area contributed by atoms with Crippen molar-refractivity contribution in [3.8, 4) is 0 Å². The van der Waals surface area contributed by atoms with Crippen molar-refractivity contribution >= 4 is 42.4 Å². The molecule has 0 bridgehead atoms. The molecule has 0 aliphatic carbocycles. The lowest BCUT2D eigenvalue weighted by molar-refractivity contribution is 0.597. The molecule has 0 aliphatic heterocycles. The average Bonchev–Trinajstić information content (AvgIpc) is 2.38. The number of hydrogen-bond acceptors (Lipinski definition) is 4. The third-order valence-electron chi connectivity index (χ3n) is 2.85. The van der Waals surface area contributed by atoms with Crippen molar-refractivity contribution in [3.05, 3.63) is 34.9 Å². The molecule has 0 unspecified atom stereocenters. The van der Waals surface area contributed by atoms with Crippen LogP contribution in [0, 0.1) is 0 Å². The van der Waals surface area contributed by atoms with E-state index in [2.05, 4.69) is 26.2 Å². The first-order valence-corrected chi connectivity index (χ1v) is 8.62. The zero-order chi connectivity index (χ0) is 13.9. The smallest absolute Gasteiger partial charge is 0.151 e. The first-order chi connectivity index (χ1) is 9.02. The zero-order valence-electron chi connectivity index (χ0n) is 10.6. The molecule has 1 aromatic carbocycles. The summed E-state index contributed by atoms with van der Waals surface area (Å²) in [6.07, 6.45) is 1.73. The topological polar surface area (TPSA) is 59.1 Å². The highest BCUT2D eigenvalue weighted by Gasteiger charge is 2.07. The molecule has 1 aromatic heterocycles. The lowest BCUT2D eigenvalue weighted by Crippen LogP contribution is -2.17. The van der Waals surface area contributed by atoms with Crippen LogP contribution in [-0.4, -0.2) is 31.5 Å². The van der Waals surface area contributed by atoms with Crippen molar-refractivity contribution in [2.24, 2.45) is 0 Å². The average molecular weight is 343 g/mol. The summed E-state index contributed by atoms with van der Waals surface area (Å²) in [5, 5.41) is 4.15. The maximum atomic E-state index is 11.4. The van der Waals surface area contributed by atoms with Crippen molar-refractivity contribution in [1.29, 1.82) is 0 Å². The molecule has 1 N–H and O–H groups in total. The van der Waals surface area contributed by atoms with Crippen LogP contribution in [0.3, 0.4) is 0 Å². The van der Waals surface area contributed by atoms with Crippen molar-refractivity contribution in [1.82, 2.24) is 4.98 Å². The van der Waals surface area contributed by atoms with E-state index in [1.54, 1.807) is 13.1 Å². The molecule has 0 aliphatic rings. The van der Waals surface area contributed by atoms with Gasteiger partial charge in [-0.2, -0.15) is 0 Å². The lowest BCUT2D eigenvalue weighted by Gasteiger charge is -2.09. The van der Waals surface area contributed by atoms with Gasteiger partial charge in [0.05, 0.1) is 17.0 Å². The van der Waals surface area contributed by atoms with Gasteiger partial charge in [-0.25, -0.2) is 8.42 Å². The first-order valence-electron chi connectivity index (χ1n) is 6.00. The van der Waals surface area contributed by atoms with Crippen LogP contribution in [0.2, 0.25) is 0 Å². The van der Waals surface area contributed by atoms with Crippen molar-refractivity contribution in [2.75, 3.05) is 23.4 Å². The maximum Gasteiger partial charge on any atom is 0.151 e. The summed E-state index contributed by atoms with van der Waals surface area (Å²) in [7, 11) is -2.94. The number of aromatic nitrogens is 1. The molecule has 0 radical (unpaired) electrons. The number of nitrogens with one attached hydrogen (secondary N) is 1. The van der Waals surface area contributed by atoms with E-state index >= 15 is 0 Å². The van der Waals surface area contributed by atoms with Crippen LogP contribution in [0.1, 0.15) is 6.92 Å². The summed E-state index contributed by atoms with van der Waals surface area (Å²) < 4.78 is 23.8. The number of nitrogens with zero attached hydrogens (tertiary/aromatic N) is 1. The molecule has 2 aromatic rings. The first kappa shape index (κ1) is 14.3. The summed E-state index contributed by atoms with van der Waals surface area (Å²) in [4.78, 5) is 4.36. The molecule has 4 nitrogen and oxygen atoms in total. The summed E-state index contributed by atoms with van der Waals surface area (Å²) in [6, 6.07) is 7.78. The van der Waals surface area contributed by atoms with E-state index in [1.165, 1.54) is 0 Å². The number of hydrogen-bond donors (Lipinski definition) is 1. The Kier molecular flexibility index (Phi) is 4.42. The minimum Gasteiger partial charge on any atom is -0.382 e. The van der Waals surface area contributed by atoms with Gasteiger partial charge in [-0.15, -0.1) is 0 Å². The Bertz CT molecular complexity index is 686. The van der Waals surface area contributed by atoms with Crippen LogP contribution in [0.25, 0.3) is 10.9 Å². The highest BCUT2D eigenvalue weighted by atomic mass is 79.9. The predicted octanol–water partition coefficient (Wildman–Crippen LogP) is 2.84. The molecule has 102 valence electrons. The van der Waals surface area contributed by atoms with Crippen LogP contribution in [0.15, 0.2) is 34.9 Å². The number of anilines is 1. The molecular weight excluding hydrogens is 328 g/mol. The standard InChI is InChI=1S/C13H15BrN2O2S/c1-2-19(17,18)7-6-15-12-5-3-4-10-8-11(14)9-16-13(10)12/h3-5,8-9,15H,2,6-7H2,1H3. The normalized spacial score (nSPS) is 11.7. The van der Waals surface area contributed by atoms with Gasteiger partial charge >= 0.3 is 0 Å². The monoisotopic (exact) mass is 342 g/mol. The van der Waals surface area contributed by atoms with Crippen LogP contribution >= 0.6 is 15.9 Å². The zero-order valence-corrected chi connectivity index (χ0v) is 13.0. The Morgan fingerprint density at radius 2 is 2.16 bits per heavy atom. The number of rotatable bonds is 5. The van der Waals surface area contributed by atoms with Gasteiger partial charge in [-0.3, -0.25) is 4.98 Å². The molecule has 0 fully saturated rings. The molecule has 6 heteroatoms. The van der Waals surface area contributed by atoms with E-state index in [9.17, 15) is 8.42 Å². The van der Waals surface area contributed by atoms with Gasteiger partial charge in [-0.05, 0) is 28.1 Å². The maximum absolute atomic E-state index is 11.4. The second kappa shape index (κ2) is 5.88. The number of para-hydroxylation sites is 1. The van der Waals surface area contributed by atoms with Crippen LogP contribution < -0.4 is 5.32 Å². The van der Waals surface area contributed by atoms with E-state index in [0.29, 0.717) is 6.54 Å². The molecular formula is C13H15BrN2O2S. The van der Waals surface area contributed by atoms with Gasteiger partial charge in [0, 0.05) is 28.4 Å². The summed E-state index contributed by atoms with van der Waals surface area (Å²) >= 11 is 3.38. The van der Waals surface area contributed by atoms with E-state index < -0.39 is 9.84 Å². The van der Waals surface area contributed by atoms with Gasteiger partial charge in [0.1, 0.15) is 0 Å². The second-order valence-corrected chi connectivity index (χ2v) is 7.58. The van der Waals surface area contributed by atoms with Crippen molar-refractivity contribution in [3.63, 3.8) is 0 Å². The van der Waals surface area contributed by atoms with Crippen LogP contribution in [0.4, 0.5) is 5.69 Å². The molecule has 0 spiro atoms. The molecule has 0 saturated carbocycles. The third-order valence-corrected chi connectivity index (χ3v) is 4.99. The number of halogens is 1. The quantitative estimate of drug-likeness (QED) is 0.907. The SMILES string of the molecule is CCS(=O)(=O)CCNc1cccc2cc(Br)cnc12. The molecule has 19 heavy (non-hydrogen) atoms. The predicted molar refractivity (Wildman–Crippen MR) is 82.3 cm³/mol. The Balaban J connectivity index is 2.17. The number of pyridine rings is 1. The van der Waals surface area contributed by atoms with Gasteiger partial charge in [-0.1, -0.05) is 19.1 Å².